The van der Waals surface area contributed by atoms with Crippen LogP contribution in [0.15, 0.2) is 72.8 Å². The molecule has 0 aliphatic heterocycles. The van der Waals surface area contributed by atoms with E-state index < -0.39 is 0 Å². The van der Waals surface area contributed by atoms with Crippen LogP contribution in [-0.2, 0) is 0 Å². The summed E-state index contributed by atoms with van der Waals surface area (Å²) in [4.78, 5) is 11.5. The largest absolute Gasteiger partial charge is 0.298 e. The molecule has 5 rings (SSSR count). The Morgan fingerprint density at radius 1 is 0.692 bits per heavy atom. The van der Waals surface area contributed by atoms with E-state index in [0.29, 0.717) is 5.56 Å². The van der Waals surface area contributed by atoms with Gasteiger partial charge < -0.3 is 0 Å². The van der Waals surface area contributed by atoms with Crippen molar-refractivity contribution < 1.29 is 4.79 Å². The Bertz CT molecular complexity index is 1340. The number of nitriles is 1. The van der Waals surface area contributed by atoms with Gasteiger partial charge in [0.25, 0.3) is 0 Å². The molecule has 2 heteroatoms. The number of benzene rings is 5. The summed E-state index contributed by atoms with van der Waals surface area (Å²) < 4.78 is 0. The minimum atomic E-state index is 0.655. The molecule has 0 atom stereocenters. The van der Waals surface area contributed by atoms with Crippen LogP contribution in [0.4, 0.5) is 0 Å². The Morgan fingerprint density at radius 3 is 2.00 bits per heavy atom. The maximum Gasteiger partial charge on any atom is 0.150 e. The second-order valence-corrected chi connectivity index (χ2v) is 6.50. The Labute approximate surface area is 150 Å². The van der Waals surface area contributed by atoms with Crippen LogP contribution in [0.25, 0.3) is 43.4 Å². The summed E-state index contributed by atoms with van der Waals surface area (Å²) in [5, 5.41) is 15.8. The highest BCUT2D eigenvalue weighted by molar-refractivity contribution is 6.27. The lowest BCUT2D eigenvalue weighted by molar-refractivity contribution is 0.112. The van der Waals surface area contributed by atoms with E-state index >= 15 is 0 Å². The van der Waals surface area contributed by atoms with Crippen LogP contribution in [-0.4, -0.2) is 6.29 Å². The van der Waals surface area contributed by atoms with Crippen LogP contribution >= 0.6 is 0 Å². The highest BCUT2D eigenvalue weighted by atomic mass is 16.1. The number of hydrogen-bond acceptors (Lipinski definition) is 2. The van der Waals surface area contributed by atoms with Crippen LogP contribution in [0.5, 0.6) is 0 Å². The lowest BCUT2D eigenvalue weighted by atomic mass is 9.88. The van der Waals surface area contributed by atoms with Crippen molar-refractivity contribution in [3.63, 3.8) is 0 Å². The quantitative estimate of drug-likeness (QED) is 0.297. The topological polar surface area (TPSA) is 40.9 Å². The predicted molar refractivity (Wildman–Crippen MR) is 106 cm³/mol. The molecular weight excluding hydrogens is 318 g/mol. The zero-order valence-electron chi connectivity index (χ0n) is 13.9. The monoisotopic (exact) mass is 331 g/mol. The minimum Gasteiger partial charge on any atom is -0.298 e. The van der Waals surface area contributed by atoms with Crippen LogP contribution in [0.3, 0.4) is 0 Å². The minimum absolute atomic E-state index is 0.655. The van der Waals surface area contributed by atoms with E-state index in [2.05, 4.69) is 36.4 Å². The summed E-state index contributed by atoms with van der Waals surface area (Å²) in [7, 11) is 0. The molecule has 0 spiro atoms. The average Bonchev–Trinajstić information content (AvgIpc) is 2.71. The summed E-state index contributed by atoms with van der Waals surface area (Å²) in [5.41, 5.74) is 3.59. The number of carbonyl (C=O) groups excluding carboxylic acids is 1. The molecule has 120 valence electrons. The Kier molecular flexibility index (Phi) is 3.04. The van der Waals surface area contributed by atoms with E-state index in [-0.39, 0.29) is 0 Å². The third-order valence-electron chi connectivity index (χ3n) is 5.15. The molecule has 0 amide bonds. The van der Waals surface area contributed by atoms with E-state index in [1.54, 1.807) is 0 Å². The van der Waals surface area contributed by atoms with E-state index in [1.807, 2.05) is 42.5 Å². The highest BCUT2D eigenvalue weighted by Gasteiger charge is 2.13. The van der Waals surface area contributed by atoms with Gasteiger partial charge in [-0.15, -0.1) is 0 Å². The van der Waals surface area contributed by atoms with Gasteiger partial charge in [0.1, 0.15) is 0 Å². The number of nitrogens with zero attached hydrogens (tertiary/aromatic N) is 1. The molecule has 0 N–H and O–H groups in total. The van der Waals surface area contributed by atoms with E-state index in [4.69, 9.17) is 5.26 Å². The van der Waals surface area contributed by atoms with E-state index in [1.165, 1.54) is 10.8 Å². The van der Waals surface area contributed by atoms with Crippen molar-refractivity contribution in [2.45, 2.75) is 0 Å². The molecule has 0 heterocycles. The summed E-state index contributed by atoms with van der Waals surface area (Å²) >= 11 is 0. The smallest absolute Gasteiger partial charge is 0.150 e. The average molecular weight is 331 g/mol. The molecule has 5 aromatic carbocycles. The zero-order valence-corrected chi connectivity index (χ0v) is 13.9. The molecule has 0 bridgehead atoms. The normalized spacial score (nSPS) is 11.2. The molecule has 0 aliphatic rings. The van der Waals surface area contributed by atoms with Crippen molar-refractivity contribution >= 4 is 38.6 Å². The van der Waals surface area contributed by atoms with Crippen LogP contribution in [0.2, 0.25) is 0 Å². The molecule has 0 radical (unpaired) electrons. The first-order valence-electron chi connectivity index (χ1n) is 8.46. The molecular formula is C24H13NO. The summed E-state index contributed by atoms with van der Waals surface area (Å²) in [5.74, 6) is 0. The summed E-state index contributed by atoms with van der Waals surface area (Å²) in [6.45, 7) is 0. The van der Waals surface area contributed by atoms with Gasteiger partial charge in [-0.2, -0.15) is 5.26 Å². The van der Waals surface area contributed by atoms with Gasteiger partial charge in [0.05, 0.1) is 11.6 Å². The molecule has 2 nitrogen and oxygen atoms in total. The van der Waals surface area contributed by atoms with Gasteiger partial charge in [-0.25, -0.2) is 0 Å². The highest BCUT2D eigenvalue weighted by Crippen LogP contribution is 2.39. The Hall–Kier alpha value is -3.70. The van der Waals surface area contributed by atoms with Gasteiger partial charge in [0, 0.05) is 5.56 Å². The van der Waals surface area contributed by atoms with Crippen molar-refractivity contribution in [3.8, 4) is 17.2 Å². The summed E-state index contributed by atoms with van der Waals surface area (Å²) in [6, 6.07) is 26.4. The van der Waals surface area contributed by atoms with Crippen molar-refractivity contribution in [3.05, 3.63) is 83.9 Å². The molecule has 0 unspecified atom stereocenters. The first-order chi connectivity index (χ1) is 12.8. The van der Waals surface area contributed by atoms with Crippen LogP contribution < -0.4 is 0 Å². The van der Waals surface area contributed by atoms with E-state index in [9.17, 15) is 4.79 Å². The molecule has 0 aromatic heterocycles. The second kappa shape index (κ2) is 5.40. The zero-order chi connectivity index (χ0) is 17.7. The van der Waals surface area contributed by atoms with Gasteiger partial charge in [-0.1, -0.05) is 60.7 Å². The van der Waals surface area contributed by atoms with Crippen molar-refractivity contribution in [1.82, 2.24) is 0 Å². The number of carbonyl (C=O) groups is 1. The van der Waals surface area contributed by atoms with Gasteiger partial charge in [0.15, 0.2) is 6.29 Å². The molecule has 0 saturated carbocycles. The maximum atomic E-state index is 11.5. The number of aldehydes is 1. The van der Waals surface area contributed by atoms with Crippen LogP contribution in [0.1, 0.15) is 15.9 Å². The van der Waals surface area contributed by atoms with Gasteiger partial charge >= 0.3 is 0 Å². The van der Waals surface area contributed by atoms with Gasteiger partial charge in [0.2, 0.25) is 0 Å². The van der Waals surface area contributed by atoms with Crippen molar-refractivity contribution in [1.29, 1.82) is 5.26 Å². The molecule has 5 aromatic rings. The van der Waals surface area contributed by atoms with Crippen molar-refractivity contribution in [2.75, 3.05) is 0 Å². The molecule has 0 saturated heterocycles. The lowest BCUT2D eigenvalue weighted by Crippen LogP contribution is -1.90. The number of rotatable bonds is 2. The molecule has 0 aliphatic carbocycles. The van der Waals surface area contributed by atoms with Gasteiger partial charge in [-0.3, -0.25) is 4.79 Å². The third-order valence-corrected chi connectivity index (χ3v) is 5.15. The fourth-order valence-corrected chi connectivity index (χ4v) is 3.90. The summed E-state index contributed by atoms with van der Waals surface area (Å²) in [6.07, 6.45) is 0.924. The standard InChI is InChI=1S/C24H13NO/c25-13-15-1-3-16(4-2-15)20-10-7-18-8-11-21-19(14-26)6-5-17-9-12-22(20)24(18)23(17)21/h1-12,14H. The Balaban J connectivity index is 1.92. The Morgan fingerprint density at radius 2 is 1.31 bits per heavy atom. The maximum absolute atomic E-state index is 11.5. The lowest BCUT2D eigenvalue weighted by Gasteiger charge is -2.15. The molecule has 0 fully saturated rings. The SMILES string of the molecule is N#Cc1ccc(-c2ccc3ccc4c(C=O)ccc5ccc2c3c54)cc1. The fraction of sp³-hybridized carbons (Fsp3) is 0. The fourth-order valence-electron chi connectivity index (χ4n) is 3.90. The van der Waals surface area contributed by atoms with Crippen LogP contribution in [0, 0.1) is 11.3 Å². The first kappa shape index (κ1) is 14.6. The predicted octanol–water partition coefficient (Wildman–Crippen LogP) is 5.94. The second-order valence-electron chi connectivity index (χ2n) is 6.50. The number of hydrogen-bond donors (Lipinski definition) is 0. The van der Waals surface area contributed by atoms with Gasteiger partial charge in [-0.05, 0) is 55.6 Å². The van der Waals surface area contributed by atoms with E-state index in [0.717, 1.165) is 44.5 Å². The third kappa shape index (κ3) is 1.95. The van der Waals surface area contributed by atoms with Crippen molar-refractivity contribution in [2.24, 2.45) is 0 Å². The first-order valence-corrected chi connectivity index (χ1v) is 8.46. The molecule has 26 heavy (non-hydrogen) atoms.